The van der Waals surface area contributed by atoms with Gasteiger partial charge in [0.2, 0.25) is 0 Å². The van der Waals surface area contributed by atoms with E-state index < -0.39 is 0 Å². The lowest BCUT2D eigenvalue weighted by molar-refractivity contribution is 0.101. The van der Waals surface area contributed by atoms with Gasteiger partial charge < -0.3 is 14.6 Å². The lowest BCUT2D eigenvalue weighted by atomic mass is 9.88. The summed E-state index contributed by atoms with van der Waals surface area (Å²) in [6.07, 6.45) is 2.80. The van der Waals surface area contributed by atoms with Crippen LogP contribution >= 0.6 is 0 Å². The summed E-state index contributed by atoms with van der Waals surface area (Å²) >= 11 is 0. The first-order chi connectivity index (χ1) is 10.2. The number of ether oxygens (including phenoxy) is 1. The molecular weight excluding hydrogens is 268 g/mol. The average Bonchev–Trinajstić information content (AvgIpc) is 2.91. The minimum atomic E-state index is -0.223. The lowest BCUT2D eigenvalue weighted by Gasteiger charge is -2.16. The highest BCUT2D eigenvalue weighted by atomic mass is 16.5. The maximum atomic E-state index is 12.3. The molecule has 21 heavy (non-hydrogen) atoms. The van der Waals surface area contributed by atoms with E-state index in [9.17, 15) is 4.79 Å². The third-order valence-corrected chi connectivity index (χ3v) is 3.85. The van der Waals surface area contributed by atoms with Crippen LogP contribution in [0.3, 0.4) is 0 Å². The number of anilines is 1. The number of rotatable bonds is 3. The number of amides is 1. The van der Waals surface area contributed by atoms with E-state index in [1.807, 2.05) is 0 Å². The fraction of sp³-hybridized carbons (Fsp3) is 0.375. The molecule has 0 saturated carbocycles. The highest BCUT2D eigenvalue weighted by Gasteiger charge is 2.26. The number of nitrogens with one attached hydrogen (secondary N) is 1. The molecule has 1 aromatic heterocycles. The maximum Gasteiger partial charge on any atom is 0.278 e. The van der Waals surface area contributed by atoms with Gasteiger partial charge in [0, 0.05) is 17.7 Å². The summed E-state index contributed by atoms with van der Waals surface area (Å²) in [5.74, 6) is 1.94. The average molecular weight is 286 g/mol. The molecule has 1 atom stereocenters. The van der Waals surface area contributed by atoms with E-state index in [2.05, 4.69) is 17.4 Å². The van der Waals surface area contributed by atoms with E-state index in [0.29, 0.717) is 17.3 Å². The predicted octanol–water partition coefficient (Wildman–Crippen LogP) is 3.06. The zero-order valence-electron chi connectivity index (χ0n) is 12.2. The Morgan fingerprint density at radius 3 is 2.86 bits per heavy atom. The van der Waals surface area contributed by atoms with E-state index in [4.69, 9.17) is 9.26 Å². The monoisotopic (exact) mass is 286 g/mol. The van der Waals surface area contributed by atoms with Crippen molar-refractivity contribution in [3.05, 3.63) is 41.3 Å². The molecule has 1 amide bonds. The van der Waals surface area contributed by atoms with Gasteiger partial charge in [-0.2, -0.15) is 0 Å². The van der Waals surface area contributed by atoms with Gasteiger partial charge in [0.15, 0.2) is 5.69 Å². The molecule has 1 heterocycles. The smallest absolute Gasteiger partial charge is 0.278 e. The quantitative estimate of drug-likeness (QED) is 0.941. The maximum absolute atomic E-state index is 12.3. The zero-order chi connectivity index (χ0) is 14.8. The first-order valence-corrected chi connectivity index (χ1v) is 7.10. The van der Waals surface area contributed by atoms with Crippen LogP contribution in [0.5, 0.6) is 5.75 Å². The van der Waals surface area contributed by atoms with Crippen molar-refractivity contribution in [1.82, 2.24) is 5.16 Å². The molecule has 0 saturated heterocycles. The van der Waals surface area contributed by atoms with Crippen LogP contribution < -0.4 is 10.1 Å². The normalized spacial score (nSPS) is 17.1. The zero-order valence-corrected chi connectivity index (χ0v) is 12.2. The van der Waals surface area contributed by atoms with Gasteiger partial charge in [0.05, 0.1) is 7.11 Å². The number of carbonyl (C=O) groups excluding carboxylic acids is 1. The van der Waals surface area contributed by atoms with Gasteiger partial charge in [-0.3, -0.25) is 4.79 Å². The summed E-state index contributed by atoms with van der Waals surface area (Å²) in [5, 5.41) is 6.79. The Kier molecular flexibility index (Phi) is 3.64. The Balaban J connectivity index is 1.77. The first kappa shape index (κ1) is 13.7. The molecule has 2 aromatic rings. The number of nitrogens with zero attached hydrogens (tertiary/aromatic N) is 1. The molecule has 0 radical (unpaired) electrons. The number of aryl methyl sites for hydroxylation is 1. The molecule has 1 aliphatic rings. The Morgan fingerprint density at radius 2 is 2.14 bits per heavy atom. The van der Waals surface area contributed by atoms with Crippen molar-refractivity contribution in [3.8, 4) is 5.75 Å². The minimum Gasteiger partial charge on any atom is -0.497 e. The molecule has 0 unspecified atom stereocenters. The Labute approximate surface area is 123 Å². The van der Waals surface area contributed by atoms with Gasteiger partial charge in [-0.15, -0.1) is 0 Å². The van der Waals surface area contributed by atoms with Crippen LogP contribution in [0.25, 0.3) is 0 Å². The molecule has 5 nitrogen and oxygen atoms in total. The Bertz CT molecular complexity index is 646. The van der Waals surface area contributed by atoms with Crippen LogP contribution in [0.2, 0.25) is 0 Å². The molecule has 0 bridgehead atoms. The van der Waals surface area contributed by atoms with Gasteiger partial charge in [-0.1, -0.05) is 12.1 Å². The van der Waals surface area contributed by atoms with Crippen molar-refractivity contribution in [2.75, 3.05) is 12.4 Å². The number of benzene rings is 1. The van der Waals surface area contributed by atoms with Crippen LogP contribution in [0.4, 0.5) is 5.69 Å². The van der Waals surface area contributed by atoms with Crippen LogP contribution in [0.1, 0.15) is 35.2 Å². The minimum absolute atomic E-state index is 0.223. The lowest BCUT2D eigenvalue weighted by Crippen LogP contribution is -2.17. The van der Waals surface area contributed by atoms with Crippen molar-refractivity contribution < 1.29 is 14.1 Å². The van der Waals surface area contributed by atoms with Crippen molar-refractivity contribution in [3.63, 3.8) is 0 Å². The third kappa shape index (κ3) is 2.77. The summed E-state index contributed by atoms with van der Waals surface area (Å²) in [5.41, 5.74) is 2.08. The molecular formula is C16H18N2O3. The number of aromatic nitrogens is 1. The summed E-state index contributed by atoms with van der Waals surface area (Å²) in [6, 6.07) is 7.20. The molecule has 5 heteroatoms. The van der Waals surface area contributed by atoms with Gasteiger partial charge in [-0.25, -0.2) is 0 Å². The van der Waals surface area contributed by atoms with Crippen molar-refractivity contribution in [2.45, 2.75) is 26.2 Å². The summed E-state index contributed by atoms with van der Waals surface area (Å²) < 4.78 is 10.4. The molecule has 0 fully saturated rings. The molecule has 110 valence electrons. The Hall–Kier alpha value is -2.30. The number of hydrogen-bond donors (Lipinski definition) is 1. The van der Waals surface area contributed by atoms with E-state index in [0.717, 1.165) is 36.3 Å². The van der Waals surface area contributed by atoms with Gasteiger partial charge in [0.1, 0.15) is 11.5 Å². The fourth-order valence-corrected chi connectivity index (χ4v) is 2.62. The van der Waals surface area contributed by atoms with Crippen molar-refractivity contribution >= 4 is 11.6 Å². The SMILES string of the molecule is COc1ccc(NC(=O)c2noc3c2C[C@H](C)CC3)cc1. The highest BCUT2D eigenvalue weighted by Crippen LogP contribution is 2.28. The van der Waals surface area contributed by atoms with Gasteiger partial charge in [0.25, 0.3) is 5.91 Å². The van der Waals surface area contributed by atoms with Gasteiger partial charge >= 0.3 is 0 Å². The second-order valence-electron chi connectivity index (χ2n) is 5.46. The van der Waals surface area contributed by atoms with Crippen molar-refractivity contribution in [2.24, 2.45) is 5.92 Å². The van der Waals surface area contributed by atoms with Crippen LogP contribution in [-0.4, -0.2) is 18.2 Å². The van der Waals surface area contributed by atoms with Crippen LogP contribution in [0, 0.1) is 5.92 Å². The Morgan fingerprint density at radius 1 is 1.38 bits per heavy atom. The van der Waals surface area contributed by atoms with Crippen LogP contribution in [-0.2, 0) is 12.8 Å². The molecule has 0 spiro atoms. The summed E-state index contributed by atoms with van der Waals surface area (Å²) in [4.78, 5) is 12.3. The number of fused-ring (bicyclic) bond motifs is 1. The van der Waals surface area contributed by atoms with Gasteiger partial charge in [-0.05, 0) is 43.0 Å². The van der Waals surface area contributed by atoms with E-state index in [-0.39, 0.29) is 5.91 Å². The molecule has 1 aliphatic carbocycles. The van der Waals surface area contributed by atoms with E-state index in [1.165, 1.54) is 0 Å². The number of carbonyl (C=O) groups is 1. The summed E-state index contributed by atoms with van der Waals surface area (Å²) in [6.45, 7) is 2.18. The standard InChI is InChI=1S/C16H18N2O3/c1-10-3-8-14-13(9-10)15(18-21-14)16(19)17-11-4-6-12(20-2)7-5-11/h4-7,10H,3,8-9H2,1-2H3,(H,17,19)/t10-/m1/s1. The second-order valence-corrected chi connectivity index (χ2v) is 5.46. The van der Waals surface area contributed by atoms with Crippen molar-refractivity contribution in [1.29, 1.82) is 0 Å². The molecule has 1 N–H and O–H groups in total. The van der Waals surface area contributed by atoms with Crippen LogP contribution in [0.15, 0.2) is 28.8 Å². The van der Waals surface area contributed by atoms with E-state index >= 15 is 0 Å². The predicted molar refractivity (Wildman–Crippen MR) is 78.6 cm³/mol. The third-order valence-electron chi connectivity index (χ3n) is 3.85. The first-order valence-electron chi connectivity index (χ1n) is 7.10. The molecule has 1 aromatic carbocycles. The fourth-order valence-electron chi connectivity index (χ4n) is 2.62. The largest absolute Gasteiger partial charge is 0.497 e. The second kappa shape index (κ2) is 5.60. The number of methoxy groups -OCH3 is 1. The van der Waals surface area contributed by atoms with E-state index in [1.54, 1.807) is 31.4 Å². The topological polar surface area (TPSA) is 64.4 Å². The molecule has 0 aliphatic heterocycles. The summed E-state index contributed by atoms with van der Waals surface area (Å²) in [7, 11) is 1.61. The number of hydrogen-bond acceptors (Lipinski definition) is 4. The highest BCUT2D eigenvalue weighted by molar-refractivity contribution is 6.04. The molecule has 3 rings (SSSR count).